The molecule has 2 aromatic rings. The second kappa shape index (κ2) is 10.7. The van der Waals surface area contributed by atoms with E-state index in [2.05, 4.69) is 11.8 Å². The average Bonchev–Trinajstić information content (AvgIpc) is 2.85. The van der Waals surface area contributed by atoms with Gasteiger partial charge >= 0.3 is 5.97 Å². The van der Waals surface area contributed by atoms with Crippen molar-refractivity contribution in [1.82, 2.24) is 10.4 Å². The van der Waals surface area contributed by atoms with Crippen molar-refractivity contribution < 1.29 is 33.1 Å². The molecule has 1 saturated heterocycles. The van der Waals surface area contributed by atoms with Crippen molar-refractivity contribution in [3.63, 3.8) is 0 Å². The van der Waals surface area contributed by atoms with E-state index >= 15 is 0 Å². The number of rotatable bonds is 8. The molecule has 0 atom stereocenters. The standard InChI is InChI=1S/C24H26N2O7S/c1-2-3-16-33-20-8-10-21(11-9-20)34(31,32)24(23(29)25-30)12-14-26(15-13-24)17-18-4-6-19(7-5-18)22(27)28/h4-11,30H,12-17H2,1H3,(H,25,29)(H,27,28). The maximum atomic E-state index is 13.5. The molecule has 0 aliphatic carbocycles. The summed E-state index contributed by atoms with van der Waals surface area (Å²) in [5.41, 5.74) is 2.60. The predicted octanol–water partition coefficient (Wildman–Crippen LogP) is 2.10. The highest BCUT2D eigenvalue weighted by Crippen LogP contribution is 2.37. The summed E-state index contributed by atoms with van der Waals surface area (Å²) in [5.74, 6) is 3.93. The zero-order valence-electron chi connectivity index (χ0n) is 18.7. The number of hydrogen-bond acceptors (Lipinski definition) is 7. The topological polar surface area (TPSA) is 133 Å². The number of carboxylic acids is 1. The first-order chi connectivity index (χ1) is 16.2. The van der Waals surface area contributed by atoms with Crippen LogP contribution in [0.3, 0.4) is 0 Å². The summed E-state index contributed by atoms with van der Waals surface area (Å²) in [6.07, 6.45) is -0.0292. The predicted molar refractivity (Wildman–Crippen MR) is 123 cm³/mol. The molecule has 3 rings (SSSR count). The number of benzene rings is 2. The summed E-state index contributed by atoms with van der Waals surface area (Å²) < 4.78 is 30.7. The van der Waals surface area contributed by atoms with Crippen molar-refractivity contribution in [1.29, 1.82) is 0 Å². The Kier molecular flexibility index (Phi) is 7.94. The van der Waals surface area contributed by atoms with E-state index in [1.807, 2.05) is 4.90 Å². The van der Waals surface area contributed by atoms with Gasteiger partial charge in [-0.05, 0) is 61.7 Å². The normalized spacial score (nSPS) is 15.6. The van der Waals surface area contributed by atoms with Crippen LogP contribution in [0.1, 0.15) is 35.7 Å². The SMILES string of the molecule is CC#CCOc1ccc(S(=O)(=O)C2(C(=O)NO)CCN(Cc3ccc(C(=O)O)cc3)CC2)cc1. The minimum absolute atomic E-state index is 0.0146. The van der Waals surface area contributed by atoms with Gasteiger partial charge < -0.3 is 9.84 Å². The Labute approximate surface area is 198 Å². The highest BCUT2D eigenvalue weighted by atomic mass is 32.2. The number of ether oxygens (including phenoxy) is 1. The van der Waals surface area contributed by atoms with Crippen molar-refractivity contribution in [3.8, 4) is 17.6 Å². The second-order valence-corrected chi connectivity index (χ2v) is 10.2. The summed E-state index contributed by atoms with van der Waals surface area (Å²) in [6.45, 7) is 2.93. The molecular weight excluding hydrogens is 460 g/mol. The Hall–Kier alpha value is -3.39. The molecule has 0 aromatic heterocycles. The number of hydrogen-bond donors (Lipinski definition) is 3. The Morgan fingerprint density at radius 1 is 1.09 bits per heavy atom. The van der Waals surface area contributed by atoms with Gasteiger partial charge in [-0.3, -0.25) is 14.9 Å². The van der Waals surface area contributed by atoms with Gasteiger partial charge in [0.1, 0.15) is 12.4 Å². The van der Waals surface area contributed by atoms with E-state index in [0.717, 1.165) is 5.56 Å². The van der Waals surface area contributed by atoms with Crippen LogP contribution in [0.2, 0.25) is 0 Å². The Bertz CT molecular complexity index is 1190. The number of carboxylic acid groups (broad SMARTS) is 1. The molecule has 180 valence electrons. The molecule has 3 N–H and O–H groups in total. The largest absolute Gasteiger partial charge is 0.481 e. The maximum absolute atomic E-state index is 13.5. The molecule has 0 unspecified atom stereocenters. The number of amides is 1. The average molecular weight is 487 g/mol. The van der Waals surface area contributed by atoms with Gasteiger partial charge in [0.25, 0.3) is 5.91 Å². The van der Waals surface area contributed by atoms with Crippen LogP contribution in [-0.4, -0.2) is 60.0 Å². The lowest BCUT2D eigenvalue weighted by atomic mass is 9.94. The van der Waals surface area contributed by atoms with Gasteiger partial charge in [0.05, 0.1) is 10.5 Å². The highest BCUT2D eigenvalue weighted by Gasteiger charge is 2.52. The van der Waals surface area contributed by atoms with Crippen molar-refractivity contribution >= 4 is 21.7 Å². The van der Waals surface area contributed by atoms with E-state index in [0.29, 0.717) is 25.4 Å². The van der Waals surface area contributed by atoms with Crippen LogP contribution in [0.5, 0.6) is 5.75 Å². The van der Waals surface area contributed by atoms with Gasteiger partial charge in [-0.25, -0.2) is 18.7 Å². The molecule has 1 fully saturated rings. The molecule has 10 heteroatoms. The highest BCUT2D eigenvalue weighted by molar-refractivity contribution is 7.93. The molecule has 1 aliphatic heterocycles. The fraction of sp³-hybridized carbons (Fsp3) is 0.333. The molecule has 0 spiro atoms. The number of nitrogens with zero attached hydrogens (tertiary/aromatic N) is 1. The van der Waals surface area contributed by atoms with Crippen LogP contribution in [0.15, 0.2) is 53.4 Å². The van der Waals surface area contributed by atoms with E-state index in [4.69, 9.17) is 9.84 Å². The molecule has 0 saturated carbocycles. The number of sulfone groups is 1. The van der Waals surface area contributed by atoms with E-state index in [1.165, 1.54) is 36.4 Å². The summed E-state index contributed by atoms with van der Waals surface area (Å²) in [7, 11) is -4.14. The third-order valence-corrected chi connectivity index (χ3v) is 8.44. The smallest absolute Gasteiger partial charge is 0.335 e. The Morgan fingerprint density at radius 2 is 1.71 bits per heavy atom. The van der Waals surface area contributed by atoms with E-state index < -0.39 is 26.5 Å². The van der Waals surface area contributed by atoms with Crippen molar-refractivity contribution in [2.75, 3.05) is 19.7 Å². The lowest BCUT2D eigenvalue weighted by Crippen LogP contribution is -2.57. The quantitative estimate of drug-likeness (QED) is 0.294. The third kappa shape index (κ3) is 5.22. The van der Waals surface area contributed by atoms with Crippen LogP contribution in [-0.2, 0) is 21.2 Å². The van der Waals surface area contributed by atoms with Crippen molar-refractivity contribution in [2.45, 2.75) is 36.0 Å². The Balaban J connectivity index is 1.76. The fourth-order valence-electron chi connectivity index (χ4n) is 3.94. The number of nitrogens with one attached hydrogen (secondary N) is 1. The minimum Gasteiger partial charge on any atom is -0.481 e. The van der Waals surface area contributed by atoms with Crippen molar-refractivity contribution in [3.05, 3.63) is 59.7 Å². The number of piperidine rings is 1. The summed E-state index contributed by atoms with van der Waals surface area (Å²) >= 11 is 0. The molecule has 1 amide bonds. The summed E-state index contributed by atoms with van der Waals surface area (Å²) in [4.78, 5) is 25.6. The van der Waals surface area contributed by atoms with Gasteiger partial charge in [-0.15, -0.1) is 5.92 Å². The first-order valence-electron chi connectivity index (χ1n) is 10.6. The first-order valence-corrected chi connectivity index (χ1v) is 12.1. The maximum Gasteiger partial charge on any atom is 0.335 e. The van der Waals surface area contributed by atoms with Gasteiger partial charge in [0.2, 0.25) is 0 Å². The zero-order chi connectivity index (χ0) is 24.8. The molecule has 0 bridgehead atoms. The summed E-state index contributed by atoms with van der Waals surface area (Å²) in [5, 5.41) is 18.4. The van der Waals surface area contributed by atoms with Gasteiger partial charge in [-0.2, -0.15) is 0 Å². The molecule has 0 radical (unpaired) electrons. The van der Waals surface area contributed by atoms with Crippen LogP contribution in [0.4, 0.5) is 0 Å². The number of likely N-dealkylation sites (tertiary alicyclic amines) is 1. The molecule has 34 heavy (non-hydrogen) atoms. The zero-order valence-corrected chi connectivity index (χ0v) is 19.5. The lowest BCUT2D eigenvalue weighted by Gasteiger charge is -2.39. The molecule has 9 nitrogen and oxygen atoms in total. The van der Waals surface area contributed by atoms with Gasteiger partial charge in [0, 0.05) is 19.6 Å². The number of hydroxylamine groups is 1. The molecule has 2 aromatic carbocycles. The molecule has 1 aliphatic rings. The van der Waals surface area contributed by atoms with Crippen LogP contribution in [0.25, 0.3) is 0 Å². The number of carbonyl (C=O) groups excluding carboxylic acids is 1. The lowest BCUT2D eigenvalue weighted by molar-refractivity contribution is -0.133. The molecular formula is C24H26N2O7S. The third-order valence-electron chi connectivity index (χ3n) is 5.92. The van der Waals surface area contributed by atoms with Crippen molar-refractivity contribution in [2.24, 2.45) is 0 Å². The number of aromatic carboxylic acids is 1. The van der Waals surface area contributed by atoms with Crippen LogP contribution >= 0.6 is 0 Å². The first kappa shape index (κ1) is 25.2. The minimum atomic E-state index is -4.14. The van der Waals surface area contributed by atoms with Crippen LogP contribution in [0, 0.1) is 11.8 Å². The fourth-order valence-corrected chi connectivity index (χ4v) is 5.89. The summed E-state index contributed by atoms with van der Waals surface area (Å²) in [6, 6.07) is 12.2. The van der Waals surface area contributed by atoms with Gasteiger partial charge in [0.15, 0.2) is 14.6 Å². The Morgan fingerprint density at radius 3 is 2.24 bits per heavy atom. The monoisotopic (exact) mass is 486 g/mol. The molecule has 1 heterocycles. The second-order valence-electron chi connectivity index (χ2n) is 7.90. The van der Waals surface area contributed by atoms with E-state index in [1.54, 1.807) is 24.5 Å². The van der Waals surface area contributed by atoms with E-state index in [-0.39, 0.29) is 29.9 Å². The van der Waals surface area contributed by atoms with E-state index in [9.17, 15) is 23.2 Å². The van der Waals surface area contributed by atoms with Crippen LogP contribution < -0.4 is 10.2 Å². The van der Waals surface area contributed by atoms with Gasteiger partial charge in [-0.1, -0.05) is 18.1 Å². The number of carbonyl (C=O) groups is 2.